The van der Waals surface area contributed by atoms with E-state index in [1.54, 1.807) is 0 Å². The van der Waals surface area contributed by atoms with Gasteiger partial charge >= 0.3 is 0 Å². The second-order valence-electron chi connectivity index (χ2n) is 7.36. The monoisotopic (exact) mass is 251 g/mol. The molecule has 0 amide bonds. The maximum Gasteiger partial charge on any atom is 0.133 e. The fourth-order valence-corrected chi connectivity index (χ4v) is 7.10. The number of hydrogen-bond acceptors (Lipinski definition) is 1. The molecule has 0 saturated heterocycles. The van der Waals surface area contributed by atoms with E-state index >= 15 is 0 Å². The topological polar surface area (TPSA) is 12.0 Å². The van der Waals surface area contributed by atoms with Crippen molar-refractivity contribution in [3.63, 3.8) is 0 Å². The SMILES string of the molecule is CC(C)CC1([Si](C)(C)NC(C)(C)C)C=CC=C1. The normalized spacial score (nSPS) is 19.3. The van der Waals surface area contributed by atoms with Crippen LogP contribution in [-0.4, -0.2) is 13.8 Å². The van der Waals surface area contributed by atoms with Gasteiger partial charge in [-0.1, -0.05) is 51.2 Å². The van der Waals surface area contributed by atoms with Gasteiger partial charge in [-0.3, -0.25) is 0 Å². The van der Waals surface area contributed by atoms with E-state index < -0.39 is 8.24 Å². The Labute approximate surface area is 108 Å². The van der Waals surface area contributed by atoms with Gasteiger partial charge in [0.25, 0.3) is 0 Å². The van der Waals surface area contributed by atoms with Gasteiger partial charge in [0.1, 0.15) is 8.24 Å². The number of hydrogen-bond donors (Lipinski definition) is 1. The highest BCUT2D eigenvalue weighted by atomic mass is 28.3. The largest absolute Gasteiger partial charge is 0.332 e. The molecule has 0 bridgehead atoms. The Kier molecular flexibility index (Phi) is 4.10. The minimum Gasteiger partial charge on any atom is -0.332 e. The van der Waals surface area contributed by atoms with E-state index in [-0.39, 0.29) is 10.6 Å². The highest BCUT2D eigenvalue weighted by Gasteiger charge is 2.46. The molecule has 1 N–H and O–H groups in total. The molecule has 0 unspecified atom stereocenters. The first-order chi connectivity index (χ1) is 7.58. The fourth-order valence-electron chi connectivity index (χ4n) is 3.05. The van der Waals surface area contributed by atoms with Crippen LogP contribution in [0.4, 0.5) is 0 Å². The lowest BCUT2D eigenvalue weighted by molar-refractivity contribution is 0.478. The lowest BCUT2D eigenvalue weighted by Gasteiger charge is -2.45. The molecule has 2 heteroatoms. The molecular weight excluding hydrogens is 222 g/mol. The van der Waals surface area contributed by atoms with Gasteiger partial charge in [0.05, 0.1) is 0 Å². The Bertz CT molecular complexity index is 306. The highest BCUT2D eigenvalue weighted by molar-refractivity contribution is 6.79. The quantitative estimate of drug-likeness (QED) is 0.726. The fraction of sp³-hybridized carbons (Fsp3) is 0.733. The van der Waals surface area contributed by atoms with Crippen molar-refractivity contribution in [3.05, 3.63) is 24.3 Å². The molecule has 1 rings (SSSR count). The number of rotatable bonds is 4. The Hall–Kier alpha value is -0.343. The molecule has 0 fully saturated rings. The third-order valence-electron chi connectivity index (χ3n) is 3.50. The molecule has 1 aliphatic carbocycles. The summed E-state index contributed by atoms with van der Waals surface area (Å²) in [4.78, 5) is 3.92. The summed E-state index contributed by atoms with van der Waals surface area (Å²) in [6.45, 7) is 16.4. The Balaban J connectivity index is 2.99. The number of allylic oxidation sites excluding steroid dienone is 4. The summed E-state index contributed by atoms with van der Waals surface area (Å²) in [5.41, 5.74) is 0.198. The van der Waals surface area contributed by atoms with E-state index in [1.165, 1.54) is 6.42 Å². The van der Waals surface area contributed by atoms with Crippen molar-refractivity contribution < 1.29 is 0 Å². The van der Waals surface area contributed by atoms with E-state index in [9.17, 15) is 0 Å². The molecule has 1 aliphatic rings. The molecule has 98 valence electrons. The standard InChI is InChI=1S/C15H29NSi/c1-13(2)12-15(10-8-9-11-15)17(6,7)16-14(3,4)5/h8-11,13,16H,12H2,1-7H3. The van der Waals surface area contributed by atoms with Crippen LogP contribution in [0.2, 0.25) is 18.1 Å². The summed E-state index contributed by atoms with van der Waals surface area (Å²) in [6.07, 6.45) is 10.6. The van der Waals surface area contributed by atoms with E-state index in [0.717, 1.165) is 5.92 Å². The van der Waals surface area contributed by atoms with Crippen molar-refractivity contribution in [2.75, 3.05) is 0 Å². The molecule has 0 aromatic carbocycles. The molecule has 0 aromatic heterocycles. The lowest BCUT2D eigenvalue weighted by Crippen LogP contribution is -2.60. The smallest absolute Gasteiger partial charge is 0.133 e. The predicted octanol–water partition coefficient (Wildman–Crippen LogP) is 4.49. The highest BCUT2D eigenvalue weighted by Crippen LogP contribution is 2.48. The Morgan fingerprint density at radius 3 is 1.94 bits per heavy atom. The minimum absolute atomic E-state index is 0.198. The first-order valence-electron chi connectivity index (χ1n) is 6.74. The van der Waals surface area contributed by atoms with Gasteiger partial charge in [0.2, 0.25) is 0 Å². The molecular formula is C15H29NSi. The molecule has 0 aromatic rings. The van der Waals surface area contributed by atoms with Crippen molar-refractivity contribution in [2.24, 2.45) is 5.92 Å². The summed E-state index contributed by atoms with van der Waals surface area (Å²) >= 11 is 0. The van der Waals surface area contributed by atoms with Crippen LogP contribution in [-0.2, 0) is 0 Å². The first-order valence-corrected chi connectivity index (χ1v) is 9.74. The average molecular weight is 251 g/mol. The van der Waals surface area contributed by atoms with Crippen LogP contribution in [0.1, 0.15) is 41.0 Å². The van der Waals surface area contributed by atoms with Crippen molar-refractivity contribution in [1.29, 1.82) is 0 Å². The third kappa shape index (κ3) is 3.56. The molecule has 0 radical (unpaired) electrons. The molecule has 1 nitrogen and oxygen atoms in total. The van der Waals surface area contributed by atoms with Crippen LogP contribution < -0.4 is 4.98 Å². The van der Waals surface area contributed by atoms with E-state index in [4.69, 9.17) is 0 Å². The summed E-state index contributed by atoms with van der Waals surface area (Å²) < 4.78 is 0. The van der Waals surface area contributed by atoms with Crippen LogP contribution in [0.15, 0.2) is 24.3 Å². The van der Waals surface area contributed by atoms with Crippen LogP contribution in [0.25, 0.3) is 0 Å². The second-order valence-corrected chi connectivity index (χ2v) is 11.8. The minimum atomic E-state index is -1.54. The summed E-state index contributed by atoms with van der Waals surface area (Å²) in [5, 5.41) is 0.286. The zero-order valence-electron chi connectivity index (χ0n) is 12.6. The molecule has 0 atom stereocenters. The molecule has 0 spiro atoms. The summed E-state index contributed by atoms with van der Waals surface area (Å²) in [6, 6.07) is 0. The molecule has 0 heterocycles. The Morgan fingerprint density at radius 2 is 1.59 bits per heavy atom. The van der Waals surface area contributed by atoms with Crippen molar-refractivity contribution >= 4 is 8.24 Å². The maximum absolute atomic E-state index is 3.92. The average Bonchev–Trinajstić information content (AvgIpc) is 2.48. The predicted molar refractivity (Wildman–Crippen MR) is 80.8 cm³/mol. The number of nitrogens with one attached hydrogen (secondary N) is 1. The Morgan fingerprint density at radius 1 is 1.12 bits per heavy atom. The van der Waals surface area contributed by atoms with Crippen LogP contribution in [0, 0.1) is 5.92 Å². The van der Waals surface area contributed by atoms with Gasteiger partial charge in [0, 0.05) is 10.6 Å². The van der Waals surface area contributed by atoms with Crippen molar-refractivity contribution in [3.8, 4) is 0 Å². The van der Waals surface area contributed by atoms with E-state index in [2.05, 4.69) is 77.0 Å². The molecule has 17 heavy (non-hydrogen) atoms. The van der Waals surface area contributed by atoms with Crippen LogP contribution in [0.5, 0.6) is 0 Å². The van der Waals surface area contributed by atoms with Gasteiger partial charge in [-0.2, -0.15) is 0 Å². The zero-order chi connectivity index (χ0) is 13.3. The maximum atomic E-state index is 3.92. The summed E-state index contributed by atoms with van der Waals surface area (Å²) in [7, 11) is -1.54. The van der Waals surface area contributed by atoms with Gasteiger partial charge < -0.3 is 4.98 Å². The van der Waals surface area contributed by atoms with Gasteiger partial charge in [-0.25, -0.2) is 0 Å². The lowest BCUT2D eigenvalue weighted by atomic mass is 9.97. The zero-order valence-corrected chi connectivity index (χ0v) is 13.6. The van der Waals surface area contributed by atoms with Crippen LogP contribution >= 0.6 is 0 Å². The van der Waals surface area contributed by atoms with E-state index in [0.29, 0.717) is 0 Å². The van der Waals surface area contributed by atoms with Crippen LogP contribution in [0.3, 0.4) is 0 Å². The van der Waals surface area contributed by atoms with Crippen molar-refractivity contribution in [1.82, 2.24) is 4.98 Å². The molecule has 0 aliphatic heterocycles. The summed E-state index contributed by atoms with van der Waals surface area (Å²) in [5.74, 6) is 0.732. The first kappa shape index (κ1) is 14.7. The molecule has 0 saturated carbocycles. The van der Waals surface area contributed by atoms with Gasteiger partial charge in [-0.15, -0.1) is 0 Å². The van der Waals surface area contributed by atoms with Gasteiger partial charge in [-0.05, 0) is 33.1 Å². The second kappa shape index (κ2) is 4.73. The van der Waals surface area contributed by atoms with Gasteiger partial charge in [0.15, 0.2) is 0 Å². The third-order valence-corrected chi connectivity index (χ3v) is 7.74. The van der Waals surface area contributed by atoms with E-state index in [1.807, 2.05) is 0 Å². The van der Waals surface area contributed by atoms with Crippen molar-refractivity contribution in [2.45, 2.75) is 64.7 Å².